The van der Waals surface area contributed by atoms with Gasteiger partial charge in [-0.1, -0.05) is 23.7 Å². The third-order valence-corrected chi connectivity index (χ3v) is 2.57. The Kier molecular flexibility index (Phi) is 3.54. The molecule has 1 heterocycles. The standard InChI is InChI=1S/C12H13ClN4/c1-8-15-11(17-12(14)16-8)6-5-9-3-2-4-10(13)7-9/h2-4,7H,5-6H2,1H3,(H2,14,15,16,17). The van der Waals surface area contributed by atoms with E-state index in [1.165, 1.54) is 0 Å². The van der Waals surface area contributed by atoms with E-state index in [0.717, 1.165) is 29.3 Å². The maximum Gasteiger partial charge on any atom is 0.223 e. The Hall–Kier alpha value is -1.68. The second-order valence-corrected chi connectivity index (χ2v) is 4.22. The van der Waals surface area contributed by atoms with Crippen molar-refractivity contribution in [1.82, 2.24) is 15.0 Å². The summed E-state index contributed by atoms with van der Waals surface area (Å²) in [6.45, 7) is 1.81. The minimum absolute atomic E-state index is 0.276. The Morgan fingerprint density at radius 1 is 1.18 bits per heavy atom. The Balaban J connectivity index is 2.07. The van der Waals surface area contributed by atoms with E-state index in [2.05, 4.69) is 15.0 Å². The zero-order valence-corrected chi connectivity index (χ0v) is 10.3. The number of halogens is 1. The summed E-state index contributed by atoms with van der Waals surface area (Å²) in [4.78, 5) is 12.3. The second-order valence-electron chi connectivity index (χ2n) is 3.79. The van der Waals surface area contributed by atoms with E-state index in [-0.39, 0.29) is 5.95 Å². The summed E-state index contributed by atoms with van der Waals surface area (Å²) in [5.41, 5.74) is 6.73. The van der Waals surface area contributed by atoms with Crippen LogP contribution in [0.4, 0.5) is 5.95 Å². The molecule has 5 heteroatoms. The summed E-state index contributed by atoms with van der Waals surface area (Å²) in [6, 6.07) is 7.77. The normalized spacial score (nSPS) is 10.5. The van der Waals surface area contributed by atoms with Crippen LogP contribution in [0.1, 0.15) is 17.2 Å². The van der Waals surface area contributed by atoms with E-state index >= 15 is 0 Å². The summed E-state index contributed by atoms with van der Waals surface area (Å²) in [5.74, 6) is 1.65. The molecule has 4 nitrogen and oxygen atoms in total. The van der Waals surface area contributed by atoms with Crippen LogP contribution in [0.15, 0.2) is 24.3 Å². The molecule has 0 aliphatic heterocycles. The number of aryl methyl sites for hydroxylation is 3. The molecule has 0 aliphatic carbocycles. The van der Waals surface area contributed by atoms with Crippen molar-refractivity contribution in [2.24, 2.45) is 0 Å². The number of nitrogen functional groups attached to an aromatic ring is 1. The Morgan fingerprint density at radius 3 is 2.71 bits per heavy atom. The van der Waals surface area contributed by atoms with Crippen LogP contribution in [-0.4, -0.2) is 15.0 Å². The lowest BCUT2D eigenvalue weighted by molar-refractivity contribution is 0.822. The molecule has 0 spiro atoms. The van der Waals surface area contributed by atoms with Gasteiger partial charge in [0.15, 0.2) is 0 Å². The average molecular weight is 249 g/mol. The maximum absolute atomic E-state index is 5.92. The van der Waals surface area contributed by atoms with Crippen molar-refractivity contribution < 1.29 is 0 Å². The quantitative estimate of drug-likeness (QED) is 0.905. The molecule has 0 fully saturated rings. The summed E-state index contributed by atoms with van der Waals surface area (Å²) < 4.78 is 0. The van der Waals surface area contributed by atoms with Crippen LogP contribution in [0.25, 0.3) is 0 Å². The first kappa shape index (κ1) is 11.8. The Morgan fingerprint density at radius 2 is 2.00 bits per heavy atom. The number of benzene rings is 1. The molecule has 0 amide bonds. The highest BCUT2D eigenvalue weighted by atomic mass is 35.5. The van der Waals surface area contributed by atoms with Gasteiger partial charge < -0.3 is 5.73 Å². The Labute approximate surface area is 105 Å². The van der Waals surface area contributed by atoms with Crippen molar-refractivity contribution in [3.63, 3.8) is 0 Å². The van der Waals surface area contributed by atoms with Crippen molar-refractivity contribution in [2.45, 2.75) is 19.8 Å². The molecule has 2 rings (SSSR count). The van der Waals surface area contributed by atoms with Crippen LogP contribution < -0.4 is 5.73 Å². The van der Waals surface area contributed by atoms with Crippen molar-refractivity contribution in [2.75, 3.05) is 5.73 Å². The smallest absolute Gasteiger partial charge is 0.223 e. The van der Waals surface area contributed by atoms with Crippen molar-refractivity contribution >= 4 is 17.5 Å². The molecular weight excluding hydrogens is 236 g/mol. The molecule has 0 radical (unpaired) electrons. The van der Waals surface area contributed by atoms with E-state index < -0.39 is 0 Å². The molecule has 0 saturated heterocycles. The van der Waals surface area contributed by atoms with Gasteiger partial charge in [0.05, 0.1) is 0 Å². The van der Waals surface area contributed by atoms with Gasteiger partial charge in [-0.15, -0.1) is 0 Å². The minimum atomic E-state index is 0.276. The van der Waals surface area contributed by atoms with Gasteiger partial charge in [0, 0.05) is 11.4 Å². The molecular formula is C12H13ClN4. The van der Waals surface area contributed by atoms with Crippen molar-refractivity contribution in [3.05, 3.63) is 46.5 Å². The third-order valence-electron chi connectivity index (χ3n) is 2.34. The van der Waals surface area contributed by atoms with Crippen molar-refractivity contribution in [3.8, 4) is 0 Å². The van der Waals surface area contributed by atoms with Crippen LogP contribution in [-0.2, 0) is 12.8 Å². The van der Waals surface area contributed by atoms with E-state index in [9.17, 15) is 0 Å². The van der Waals surface area contributed by atoms with Crippen LogP contribution in [0.2, 0.25) is 5.02 Å². The van der Waals surface area contributed by atoms with Gasteiger partial charge in [0.25, 0.3) is 0 Å². The SMILES string of the molecule is Cc1nc(N)nc(CCc2cccc(Cl)c2)n1. The number of hydrogen-bond acceptors (Lipinski definition) is 4. The highest BCUT2D eigenvalue weighted by Crippen LogP contribution is 2.12. The topological polar surface area (TPSA) is 64.7 Å². The van der Waals surface area contributed by atoms with E-state index in [4.69, 9.17) is 17.3 Å². The molecule has 1 aromatic heterocycles. The Bertz CT molecular complexity index is 507. The van der Waals surface area contributed by atoms with Gasteiger partial charge in [-0.2, -0.15) is 9.97 Å². The predicted octanol–water partition coefficient (Wildman–Crippen LogP) is 2.20. The monoisotopic (exact) mass is 248 g/mol. The van der Waals surface area contributed by atoms with Crippen molar-refractivity contribution in [1.29, 1.82) is 0 Å². The molecule has 0 unspecified atom stereocenters. The first-order valence-corrected chi connectivity index (χ1v) is 5.73. The fourth-order valence-corrected chi connectivity index (χ4v) is 1.83. The van der Waals surface area contributed by atoms with Crippen LogP contribution in [0, 0.1) is 6.92 Å². The van der Waals surface area contributed by atoms with Crippen LogP contribution in [0.3, 0.4) is 0 Å². The summed E-state index contributed by atoms with van der Waals surface area (Å²) in [6.07, 6.45) is 1.57. The lowest BCUT2D eigenvalue weighted by Gasteiger charge is -2.03. The van der Waals surface area contributed by atoms with Gasteiger partial charge >= 0.3 is 0 Å². The van der Waals surface area contributed by atoms with Gasteiger partial charge in [-0.05, 0) is 31.0 Å². The van der Waals surface area contributed by atoms with Gasteiger partial charge in [-0.25, -0.2) is 4.98 Å². The fourth-order valence-electron chi connectivity index (χ4n) is 1.62. The maximum atomic E-state index is 5.92. The number of anilines is 1. The fraction of sp³-hybridized carbons (Fsp3) is 0.250. The number of rotatable bonds is 3. The summed E-state index contributed by atoms with van der Waals surface area (Å²) >= 11 is 5.92. The van der Waals surface area contributed by atoms with E-state index in [0.29, 0.717) is 5.82 Å². The minimum Gasteiger partial charge on any atom is -0.368 e. The molecule has 2 aromatic rings. The zero-order chi connectivity index (χ0) is 12.3. The molecule has 2 N–H and O–H groups in total. The molecule has 0 saturated carbocycles. The molecule has 17 heavy (non-hydrogen) atoms. The second kappa shape index (κ2) is 5.10. The van der Waals surface area contributed by atoms with Gasteiger partial charge in [-0.3, -0.25) is 0 Å². The lowest BCUT2D eigenvalue weighted by Crippen LogP contribution is -2.06. The third kappa shape index (κ3) is 3.39. The number of nitrogens with two attached hydrogens (primary N) is 1. The first-order chi connectivity index (χ1) is 8.13. The highest BCUT2D eigenvalue weighted by Gasteiger charge is 2.02. The molecule has 1 aromatic carbocycles. The predicted molar refractivity (Wildman–Crippen MR) is 67.8 cm³/mol. The van der Waals surface area contributed by atoms with E-state index in [1.807, 2.05) is 24.3 Å². The zero-order valence-electron chi connectivity index (χ0n) is 9.52. The molecule has 88 valence electrons. The van der Waals surface area contributed by atoms with Gasteiger partial charge in [0.2, 0.25) is 5.95 Å². The average Bonchev–Trinajstić information content (AvgIpc) is 2.25. The van der Waals surface area contributed by atoms with Crippen LogP contribution in [0.5, 0.6) is 0 Å². The summed E-state index contributed by atoms with van der Waals surface area (Å²) in [5, 5.41) is 0.744. The largest absolute Gasteiger partial charge is 0.368 e. The highest BCUT2D eigenvalue weighted by molar-refractivity contribution is 6.30. The lowest BCUT2D eigenvalue weighted by atomic mass is 10.1. The first-order valence-electron chi connectivity index (χ1n) is 5.35. The number of nitrogens with zero attached hydrogens (tertiary/aromatic N) is 3. The van der Waals surface area contributed by atoms with Crippen LogP contribution >= 0.6 is 11.6 Å². The molecule has 0 aliphatic rings. The molecule has 0 atom stereocenters. The van der Waals surface area contributed by atoms with E-state index in [1.54, 1.807) is 6.92 Å². The van der Waals surface area contributed by atoms with Gasteiger partial charge in [0.1, 0.15) is 11.6 Å². The molecule has 0 bridgehead atoms. The number of hydrogen-bond donors (Lipinski definition) is 1. The number of aromatic nitrogens is 3. The summed E-state index contributed by atoms with van der Waals surface area (Å²) in [7, 11) is 0.